The van der Waals surface area contributed by atoms with Crippen molar-refractivity contribution in [3.8, 4) is 22.8 Å². The lowest BCUT2D eigenvalue weighted by Gasteiger charge is -2.23. The molecule has 0 aliphatic carbocycles. The molecule has 1 aliphatic rings. The molecule has 2 heterocycles. The van der Waals surface area contributed by atoms with E-state index >= 15 is 0 Å². The summed E-state index contributed by atoms with van der Waals surface area (Å²) < 4.78 is 16.9. The predicted octanol–water partition coefficient (Wildman–Crippen LogP) is 9.69. The van der Waals surface area contributed by atoms with Crippen molar-refractivity contribution in [2.45, 2.75) is 96.6 Å². The van der Waals surface area contributed by atoms with Crippen LogP contribution in [0.25, 0.3) is 22.8 Å². The van der Waals surface area contributed by atoms with Crippen molar-refractivity contribution < 1.29 is 37.9 Å². The number of amides is 3. The number of imide groups is 1. The topological polar surface area (TPSA) is 145 Å². The Morgan fingerprint density at radius 2 is 1.43 bits per heavy atom. The molecule has 11 nitrogen and oxygen atoms in total. The monoisotopic (exact) mass is 755 g/mol. The molecule has 0 radical (unpaired) electrons. The molecule has 1 unspecified atom stereocenters. The summed E-state index contributed by atoms with van der Waals surface area (Å²) in [7, 11) is 0. The lowest BCUT2D eigenvalue weighted by Crippen LogP contribution is -2.53. The third-order valence-electron chi connectivity index (χ3n) is 9.14. The highest BCUT2D eigenvalue weighted by atomic mass is 35.5. The van der Waals surface area contributed by atoms with E-state index in [4.69, 9.17) is 25.5 Å². The lowest BCUT2D eigenvalue weighted by molar-refractivity contribution is -0.137. The molecule has 1 fully saturated rings. The van der Waals surface area contributed by atoms with Crippen molar-refractivity contribution >= 4 is 46.9 Å². The van der Waals surface area contributed by atoms with Crippen LogP contribution in [0.3, 0.4) is 0 Å². The van der Waals surface area contributed by atoms with Gasteiger partial charge in [0.15, 0.2) is 23.1 Å². The van der Waals surface area contributed by atoms with Crippen molar-refractivity contribution in [1.82, 2.24) is 9.88 Å². The number of ketones is 1. The minimum absolute atomic E-state index is 0.0294. The molecule has 284 valence electrons. The van der Waals surface area contributed by atoms with E-state index in [0.29, 0.717) is 16.0 Å². The van der Waals surface area contributed by atoms with Crippen LogP contribution in [0.4, 0.5) is 10.5 Å². The number of carbonyl (C=O) groups excluding carboxylic acids is 5. The van der Waals surface area contributed by atoms with Gasteiger partial charge in [-0.25, -0.2) is 19.5 Å². The Bertz CT molecular complexity index is 1940. The van der Waals surface area contributed by atoms with Crippen LogP contribution in [0.5, 0.6) is 0 Å². The first-order valence-electron chi connectivity index (χ1n) is 18.5. The van der Waals surface area contributed by atoms with Crippen molar-refractivity contribution in [3.63, 3.8) is 0 Å². The first-order valence-corrected chi connectivity index (χ1v) is 18.9. The van der Waals surface area contributed by atoms with Crippen molar-refractivity contribution in [2.24, 2.45) is 0 Å². The number of ether oxygens (including phenoxy) is 2. The van der Waals surface area contributed by atoms with Crippen molar-refractivity contribution in [3.05, 3.63) is 95.1 Å². The fraction of sp³-hybridized carbons (Fsp3) is 0.381. The summed E-state index contributed by atoms with van der Waals surface area (Å²) in [6.45, 7) is 5.15. The molecule has 0 bridgehead atoms. The van der Waals surface area contributed by atoms with E-state index < -0.39 is 41.3 Å². The Hall–Kier alpha value is -5.29. The number of aromatic nitrogens is 1. The number of oxazole rings is 1. The Balaban J connectivity index is 1.35. The van der Waals surface area contributed by atoms with Gasteiger partial charge in [-0.05, 0) is 50.6 Å². The van der Waals surface area contributed by atoms with Crippen LogP contribution in [0.2, 0.25) is 5.02 Å². The van der Waals surface area contributed by atoms with Gasteiger partial charge in [0.1, 0.15) is 0 Å². The highest BCUT2D eigenvalue weighted by molar-refractivity contribution is 6.34. The van der Waals surface area contributed by atoms with Gasteiger partial charge in [0.25, 0.3) is 11.8 Å². The first-order chi connectivity index (χ1) is 26.0. The van der Waals surface area contributed by atoms with Crippen LogP contribution in [-0.4, -0.2) is 57.8 Å². The molecule has 1 atom stereocenters. The average molecular weight is 756 g/mol. The summed E-state index contributed by atoms with van der Waals surface area (Å²) >= 11 is 6.46. The molecule has 1 aromatic heterocycles. The summed E-state index contributed by atoms with van der Waals surface area (Å²) in [5.41, 5.74) is -0.861. The predicted molar refractivity (Wildman–Crippen MR) is 205 cm³/mol. The first kappa shape index (κ1) is 39.9. The van der Waals surface area contributed by atoms with Crippen molar-refractivity contribution in [2.75, 3.05) is 11.9 Å². The van der Waals surface area contributed by atoms with E-state index in [-0.39, 0.29) is 40.2 Å². The highest BCUT2D eigenvalue weighted by Gasteiger charge is 2.54. The molecule has 12 heteroatoms. The number of nitrogens with one attached hydrogen (secondary N) is 1. The van der Waals surface area contributed by atoms with E-state index in [1.54, 1.807) is 54.6 Å². The summed E-state index contributed by atoms with van der Waals surface area (Å²) in [4.78, 5) is 73.4. The molecule has 0 saturated carbocycles. The zero-order chi connectivity index (χ0) is 38.7. The van der Waals surface area contributed by atoms with Gasteiger partial charge in [-0.2, -0.15) is 0 Å². The van der Waals surface area contributed by atoms with E-state index in [9.17, 15) is 24.0 Å². The number of halogens is 1. The number of unbranched alkanes of at least 4 members (excludes halogenated alkanes) is 9. The number of anilines is 1. The quantitative estimate of drug-likeness (QED) is 0.0428. The summed E-state index contributed by atoms with van der Waals surface area (Å²) in [6.07, 6.45) is 10.3. The van der Waals surface area contributed by atoms with Gasteiger partial charge in [-0.15, -0.1) is 0 Å². The number of esters is 1. The van der Waals surface area contributed by atoms with Gasteiger partial charge in [0, 0.05) is 11.1 Å². The fourth-order valence-electron chi connectivity index (χ4n) is 6.15. The number of carbonyl (C=O) groups is 5. The molecule has 1 N–H and O–H groups in total. The molecule has 5 rings (SSSR count). The Kier molecular flexibility index (Phi) is 13.8. The number of hydrogen-bond donors (Lipinski definition) is 1. The Morgan fingerprint density at radius 1 is 0.833 bits per heavy atom. The maximum Gasteiger partial charge on any atom is 0.418 e. The third kappa shape index (κ3) is 9.82. The SMILES string of the molecule is CCCCCCCCCCCCOC(=O)c1ccc(Cl)c(NC(=O)C(C(=O)c2nc(-c3ccccc3)oc2-c2ccccc2)N2C(=O)OC(C)(C)C2=O)c1. The second-order valence-corrected chi connectivity index (χ2v) is 14.2. The Labute approximate surface area is 320 Å². The second kappa shape index (κ2) is 18.6. The number of Topliss-reactive ketones (excluding diaryl/α,β-unsaturated/α-hetero) is 1. The largest absolute Gasteiger partial charge is 0.462 e. The zero-order valence-electron chi connectivity index (χ0n) is 30.9. The Morgan fingerprint density at radius 3 is 2.02 bits per heavy atom. The molecule has 0 spiro atoms. The van der Waals surface area contributed by atoms with Gasteiger partial charge in [-0.3, -0.25) is 14.4 Å². The number of hydrogen-bond acceptors (Lipinski definition) is 9. The van der Waals surface area contributed by atoms with Gasteiger partial charge >= 0.3 is 12.1 Å². The van der Waals surface area contributed by atoms with Crippen LogP contribution in [0.15, 0.2) is 83.3 Å². The van der Waals surface area contributed by atoms with Gasteiger partial charge in [0.05, 0.1) is 22.9 Å². The minimum atomic E-state index is -2.09. The highest BCUT2D eigenvalue weighted by Crippen LogP contribution is 2.34. The van der Waals surface area contributed by atoms with Gasteiger partial charge in [-0.1, -0.05) is 125 Å². The average Bonchev–Trinajstić information content (AvgIpc) is 3.70. The normalized spacial score (nSPS) is 14.1. The number of rotatable bonds is 19. The number of nitrogens with zero attached hydrogens (tertiary/aromatic N) is 2. The molecule has 54 heavy (non-hydrogen) atoms. The van der Waals surface area contributed by atoms with Gasteiger partial charge in [0.2, 0.25) is 11.7 Å². The molecule has 3 amide bonds. The summed E-state index contributed by atoms with van der Waals surface area (Å²) in [6, 6.07) is 19.5. The molecular formula is C42H46ClN3O8. The van der Waals surface area contributed by atoms with Gasteiger partial charge < -0.3 is 19.2 Å². The van der Waals surface area contributed by atoms with E-state index in [1.807, 2.05) is 6.07 Å². The van der Waals surface area contributed by atoms with Crippen molar-refractivity contribution in [1.29, 1.82) is 0 Å². The molecule has 1 saturated heterocycles. The van der Waals surface area contributed by atoms with E-state index in [1.165, 1.54) is 70.6 Å². The van der Waals surface area contributed by atoms with E-state index in [0.717, 1.165) is 25.7 Å². The second-order valence-electron chi connectivity index (χ2n) is 13.8. The molecule has 1 aliphatic heterocycles. The summed E-state index contributed by atoms with van der Waals surface area (Å²) in [5, 5.41) is 2.59. The van der Waals surface area contributed by atoms with E-state index in [2.05, 4.69) is 17.2 Å². The van der Waals surface area contributed by atoms with Crippen LogP contribution in [0, 0.1) is 0 Å². The van der Waals surface area contributed by atoms with Crippen LogP contribution < -0.4 is 5.32 Å². The standard InChI is InChI=1S/C42H46ClN3O8/c1-4-5-6-7-8-9-10-11-12-19-26-52-39(49)30-24-25-31(43)32(27-30)44-37(48)34(46-40(50)42(2,3)54-41(46)51)35(47)33-36(28-20-15-13-16-21-28)53-38(45-33)29-22-17-14-18-23-29/h13-18,20-25,27,34H,4-12,19,26H2,1-3H3,(H,44,48). The molecule has 3 aromatic carbocycles. The summed E-state index contributed by atoms with van der Waals surface area (Å²) in [5.74, 6) is -3.52. The smallest absolute Gasteiger partial charge is 0.418 e. The maximum atomic E-state index is 14.6. The number of benzene rings is 3. The minimum Gasteiger partial charge on any atom is -0.462 e. The maximum absolute atomic E-state index is 14.6. The number of cyclic esters (lactones) is 1. The molecule has 4 aromatic rings. The van der Waals surface area contributed by atoms with Crippen LogP contribution >= 0.6 is 11.6 Å². The molecular weight excluding hydrogens is 710 g/mol. The van der Waals surface area contributed by atoms with Crippen LogP contribution in [-0.2, 0) is 19.1 Å². The fourth-order valence-corrected chi connectivity index (χ4v) is 6.32. The zero-order valence-corrected chi connectivity index (χ0v) is 31.7. The third-order valence-corrected chi connectivity index (χ3v) is 9.47. The lowest BCUT2D eigenvalue weighted by atomic mass is 10.0. The van der Waals surface area contributed by atoms with Crippen LogP contribution in [0.1, 0.15) is 106 Å².